The summed E-state index contributed by atoms with van der Waals surface area (Å²) in [6.45, 7) is 5.24. The monoisotopic (exact) mass is 253 g/mol. The first kappa shape index (κ1) is 13.1. The molecular formula is C14H23NOS. The van der Waals surface area contributed by atoms with Crippen molar-refractivity contribution in [3.63, 3.8) is 0 Å². The summed E-state index contributed by atoms with van der Waals surface area (Å²) in [6.07, 6.45) is 4.90. The molecule has 1 aliphatic heterocycles. The van der Waals surface area contributed by atoms with Crippen LogP contribution in [0.2, 0.25) is 0 Å². The molecule has 1 aromatic heterocycles. The number of hydrogen-bond acceptors (Lipinski definition) is 3. The Bertz CT molecular complexity index is 293. The minimum atomic E-state index is 0.592. The van der Waals surface area contributed by atoms with Crippen molar-refractivity contribution in [1.82, 2.24) is 5.32 Å². The number of nitrogens with one attached hydrogen (secondary N) is 1. The van der Waals surface area contributed by atoms with Crippen molar-refractivity contribution in [3.8, 4) is 0 Å². The second-order valence-electron chi connectivity index (χ2n) is 4.82. The van der Waals surface area contributed by atoms with Crippen LogP contribution < -0.4 is 5.32 Å². The molecule has 2 atom stereocenters. The van der Waals surface area contributed by atoms with Crippen molar-refractivity contribution in [2.45, 2.75) is 38.6 Å². The van der Waals surface area contributed by atoms with Gasteiger partial charge in [-0.2, -0.15) is 0 Å². The fourth-order valence-corrected chi connectivity index (χ4v) is 3.23. The number of ether oxygens (including phenoxy) is 1. The second-order valence-corrected chi connectivity index (χ2v) is 5.85. The molecule has 0 saturated carbocycles. The molecule has 0 amide bonds. The summed E-state index contributed by atoms with van der Waals surface area (Å²) in [6, 6.07) is 4.98. The Labute approximate surface area is 108 Å². The molecule has 0 radical (unpaired) electrons. The van der Waals surface area contributed by atoms with E-state index in [9.17, 15) is 0 Å². The molecule has 2 heterocycles. The van der Waals surface area contributed by atoms with Crippen molar-refractivity contribution in [2.24, 2.45) is 5.92 Å². The minimum Gasteiger partial charge on any atom is -0.381 e. The van der Waals surface area contributed by atoms with E-state index in [0.717, 1.165) is 26.2 Å². The lowest BCUT2D eigenvalue weighted by Crippen LogP contribution is -2.42. The van der Waals surface area contributed by atoms with E-state index in [1.165, 1.54) is 24.1 Å². The van der Waals surface area contributed by atoms with Gasteiger partial charge in [0, 0.05) is 17.5 Å². The molecule has 2 nitrogen and oxygen atoms in total. The van der Waals surface area contributed by atoms with Gasteiger partial charge >= 0.3 is 0 Å². The molecule has 0 aliphatic carbocycles. The number of rotatable bonds is 6. The molecule has 2 unspecified atom stereocenters. The zero-order valence-electron chi connectivity index (χ0n) is 10.7. The zero-order chi connectivity index (χ0) is 11.9. The van der Waals surface area contributed by atoms with Crippen molar-refractivity contribution < 1.29 is 4.74 Å². The van der Waals surface area contributed by atoms with Gasteiger partial charge in [-0.05, 0) is 49.6 Å². The molecule has 3 heteroatoms. The quantitative estimate of drug-likeness (QED) is 0.841. The van der Waals surface area contributed by atoms with Crippen LogP contribution in [0.1, 0.15) is 31.1 Å². The van der Waals surface area contributed by atoms with E-state index in [1.807, 2.05) is 11.3 Å². The van der Waals surface area contributed by atoms with Gasteiger partial charge in [0.15, 0.2) is 0 Å². The number of hydrogen-bond donors (Lipinski definition) is 1. The molecule has 1 N–H and O–H groups in total. The van der Waals surface area contributed by atoms with E-state index < -0.39 is 0 Å². The van der Waals surface area contributed by atoms with Gasteiger partial charge in [-0.1, -0.05) is 13.0 Å². The maximum absolute atomic E-state index is 5.63. The molecule has 0 spiro atoms. The topological polar surface area (TPSA) is 21.3 Å². The van der Waals surface area contributed by atoms with Crippen molar-refractivity contribution in [1.29, 1.82) is 0 Å². The molecule has 96 valence electrons. The maximum Gasteiger partial charge on any atom is 0.0509 e. The van der Waals surface area contributed by atoms with E-state index in [-0.39, 0.29) is 0 Å². The SMILES string of the molecule is CCCNC(Cc1cccs1)C1CCCOC1. The van der Waals surface area contributed by atoms with Gasteiger partial charge in [-0.25, -0.2) is 0 Å². The first-order chi connectivity index (χ1) is 8.40. The molecule has 1 saturated heterocycles. The molecule has 1 fully saturated rings. The molecule has 1 aliphatic rings. The highest BCUT2D eigenvalue weighted by Gasteiger charge is 2.24. The molecule has 0 aromatic carbocycles. The van der Waals surface area contributed by atoms with Gasteiger partial charge in [-0.15, -0.1) is 11.3 Å². The average molecular weight is 253 g/mol. The Balaban J connectivity index is 1.91. The predicted octanol–water partition coefficient (Wildman–Crippen LogP) is 3.09. The Morgan fingerprint density at radius 2 is 2.53 bits per heavy atom. The normalized spacial score (nSPS) is 22.5. The lowest BCUT2D eigenvalue weighted by Gasteiger charge is -2.31. The van der Waals surface area contributed by atoms with E-state index in [2.05, 4.69) is 29.8 Å². The standard InChI is InChI=1S/C14H23NOS/c1-2-7-15-14(10-13-6-4-9-17-13)12-5-3-8-16-11-12/h4,6,9,12,14-15H,2-3,5,7-8,10-11H2,1H3. The van der Waals surface area contributed by atoms with Gasteiger partial charge in [0.1, 0.15) is 0 Å². The fraction of sp³-hybridized carbons (Fsp3) is 0.714. The largest absolute Gasteiger partial charge is 0.381 e. The molecule has 0 bridgehead atoms. The van der Waals surface area contributed by atoms with Crippen LogP contribution in [-0.4, -0.2) is 25.8 Å². The summed E-state index contributed by atoms with van der Waals surface area (Å²) >= 11 is 1.87. The van der Waals surface area contributed by atoms with Crippen LogP contribution in [-0.2, 0) is 11.2 Å². The van der Waals surface area contributed by atoms with Gasteiger partial charge in [-0.3, -0.25) is 0 Å². The van der Waals surface area contributed by atoms with Gasteiger partial charge < -0.3 is 10.1 Å². The van der Waals surface area contributed by atoms with Crippen LogP contribution in [0, 0.1) is 5.92 Å². The summed E-state index contributed by atoms with van der Waals surface area (Å²) < 4.78 is 5.63. The lowest BCUT2D eigenvalue weighted by atomic mass is 9.91. The lowest BCUT2D eigenvalue weighted by molar-refractivity contribution is 0.0394. The molecular weight excluding hydrogens is 230 g/mol. The maximum atomic E-state index is 5.63. The summed E-state index contributed by atoms with van der Waals surface area (Å²) in [7, 11) is 0. The third kappa shape index (κ3) is 4.09. The highest BCUT2D eigenvalue weighted by molar-refractivity contribution is 7.09. The van der Waals surface area contributed by atoms with Crippen LogP contribution in [0.25, 0.3) is 0 Å². The minimum absolute atomic E-state index is 0.592. The van der Waals surface area contributed by atoms with E-state index >= 15 is 0 Å². The van der Waals surface area contributed by atoms with Crippen molar-refractivity contribution in [3.05, 3.63) is 22.4 Å². The summed E-state index contributed by atoms with van der Waals surface area (Å²) in [4.78, 5) is 1.49. The Kier molecular flexibility index (Phi) is 5.49. The third-order valence-electron chi connectivity index (χ3n) is 3.42. The highest BCUT2D eigenvalue weighted by Crippen LogP contribution is 2.22. The second kappa shape index (κ2) is 7.14. The fourth-order valence-electron chi connectivity index (χ4n) is 2.46. The van der Waals surface area contributed by atoms with Crippen molar-refractivity contribution >= 4 is 11.3 Å². The Hall–Kier alpha value is -0.380. The van der Waals surface area contributed by atoms with E-state index in [4.69, 9.17) is 4.74 Å². The van der Waals surface area contributed by atoms with E-state index in [0.29, 0.717) is 12.0 Å². The summed E-state index contributed by atoms with van der Waals surface area (Å²) in [5, 5.41) is 5.87. The highest BCUT2D eigenvalue weighted by atomic mass is 32.1. The Morgan fingerprint density at radius 1 is 1.59 bits per heavy atom. The van der Waals surface area contributed by atoms with Gasteiger partial charge in [0.25, 0.3) is 0 Å². The predicted molar refractivity (Wildman–Crippen MR) is 73.6 cm³/mol. The van der Waals surface area contributed by atoms with Crippen LogP contribution >= 0.6 is 11.3 Å². The average Bonchev–Trinajstić information content (AvgIpc) is 2.88. The van der Waals surface area contributed by atoms with Crippen LogP contribution in [0.5, 0.6) is 0 Å². The number of thiophene rings is 1. The van der Waals surface area contributed by atoms with Gasteiger partial charge in [0.2, 0.25) is 0 Å². The summed E-state index contributed by atoms with van der Waals surface area (Å²) in [5.74, 6) is 0.692. The van der Waals surface area contributed by atoms with Gasteiger partial charge in [0.05, 0.1) is 6.61 Å². The van der Waals surface area contributed by atoms with Crippen LogP contribution in [0.3, 0.4) is 0 Å². The first-order valence-corrected chi connectivity index (χ1v) is 7.61. The van der Waals surface area contributed by atoms with Crippen LogP contribution in [0.4, 0.5) is 0 Å². The third-order valence-corrected chi connectivity index (χ3v) is 4.32. The van der Waals surface area contributed by atoms with Crippen LogP contribution in [0.15, 0.2) is 17.5 Å². The molecule has 17 heavy (non-hydrogen) atoms. The summed E-state index contributed by atoms with van der Waals surface area (Å²) in [5.41, 5.74) is 0. The van der Waals surface area contributed by atoms with Crippen molar-refractivity contribution in [2.75, 3.05) is 19.8 Å². The molecule has 2 rings (SSSR count). The molecule has 1 aromatic rings. The zero-order valence-corrected chi connectivity index (χ0v) is 11.5. The smallest absolute Gasteiger partial charge is 0.0509 e. The first-order valence-electron chi connectivity index (χ1n) is 6.73. The Morgan fingerprint density at radius 3 is 3.18 bits per heavy atom. The van der Waals surface area contributed by atoms with E-state index in [1.54, 1.807) is 0 Å².